The van der Waals surface area contributed by atoms with E-state index in [1.807, 2.05) is 10.8 Å². The standard InChI is InChI=1S/C21H20F3N5O/c22-21(23,24)15-3-1-4-16(13-15)27-19-18(5-2-8-26-19)20(30)28-10-6-17(7-11-28)29-12-9-25-14-29/h1-5,8-9,12-14,17H,6-7,10-11H2,(H,26,27). The second kappa shape index (κ2) is 8.17. The molecule has 0 radical (unpaired) electrons. The van der Waals surface area contributed by atoms with Crippen LogP contribution in [0, 0.1) is 0 Å². The zero-order valence-electron chi connectivity index (χ0n) is 16.0. The van der Waals surface area contributed by atoms with Crippen molar-refractivity contribution >= 4 is 17.4 Å². The van der Waals surface area contributed by atoms with Gasteiger partial charge in [0.25, 0.3) is 5.91 Å². The Morgan fingerprint density at radius 2 is 1.90 bits per heavy atom. The molecule has 1 aliphatic heterocycles. The number of aromatic nitrogens is 3. The maximum absolute atomic E-state index is 13.1. The van der Waals surface area contributed by atoms with Crippen LogP contribution in [0.5, 0.6) is 0 Å². The smallest absolute Gasteiger partial charge is 0.340 e. The summed E-state index contributed by atoms with van der Waals surface area (Å²) in [4.78, 5) is 23.1. The van der Waals surface area contributed by atoms with Crippen molar-refractivity contribution in [1.29, 1.82) is 0 Å². The third-order valence-corrected chi connectivity index (χ3v) is 5.19. The quantitative estimate of drug-likeness (QED) is 0.681. The number of halogens is 3. The van der Waals surface area contributed by atoms with Crippen molar-refractivity contribution in [3.8, 4) is 0 Å². The molecule has 156 valence electrons. The zero-order valence-corrected chi connectivity index (χ0v) is 16.0. The molecule has 0 saturated carbocycles. The summed E-state index contributed by atoms with van der Waals surface area (Å²) in [6.07, 6.45) is 4.09. The summed E-state index contributed by atoms with van der Waals surface area (Å²) in [7, 11) is 0. The molecule has 1 fully saturated rings. The molecule has 9 heteroatoms. The number of nitrogens with one attached hydrogen (secondary N) is 1. The molecule has 0 bridgehead atoms. The lowest BCUT2D eigenvalue weighted by atomic mass is 10.0. The van der Waals surface area contributed by atoms with Gasteiger partial charge in [-0.3, -0.25) is 4.79 Å². The second-order valence-corrected chi connectivity index (χ2v) is 7.14. The van der Waals surface area contributed by atoms with Crippen molar-refractivity contribution in [3.63, 3.8) is 0 Å². The Bertz CT molecular complexity index is 1010. The SMILES string of the molecule is O=C(c1cccnc1Nc1cccc(C(F)(F)F)c1)N1CCC(n2ccnc2)CC1. The Hall–Kier alpha value is -3.36. The van der Waals surface area contributed by atoms with E-state index in [9.17, 15) is 18.0 Å². The topological polar surface area (TPSA) is 63.1 Å². The first-order valence-corrected chi connectivity index (χ1v) is 9.58. The van der Waals surface area contributed by atoms with E-state index in [1.54, 1.807) is 29.6 Å². The van der Waals surface area contributed by atoms with Crippen LogP contribution in [-0.2, 0) is 6.18 Å². The first-order chi connectivity index (χ1) is 14.4. The molecule has 30 heavy (non-hydrogen) atoms. The lowest BCUT2D eigenvalue weighted by Gasteiger charge is -2.32. The van der Waals surface area contributed by atoms with Gasteiger partial charge in [-0.25, -0.2) is 9.97 Å². The Labute approximate surface area is 171 Å². The summed E-state index contributed by atoms with van der Waals surface area (Å²) >= 11 is 0. The zero-order chi connectivity index (χ0) is 21.1. The summed E-state index contributed by atoms with van der Waals surface area (Å²) in [6, 6.07) is 8.40. The minimum absolute atomic E-state index is 0.193. The molecule has 3 heterocycles. The fourth-order valence-corrected chi connectivity index (χ4v) is 3.61. The summed E-state index contributed by atoms with van der Waals surface area (Å²) in [5, 5.41) is 2.87. The molecule has 1 N–H and O–H groups in total. The molecule has 1 aliphatic rings. The van der Waals surface area contributed by atoms with E-state index < -0.39 is 11.7 Å². The van der Waals surface area contributed by atoms with Crippen LogP contribution in [0.2, 0.25) is 0 Å². The van der Waals surface area contributed by atoms with Gasteiger partial charge in [0.05, 0.1) is 17.5 Å². The lowest BCUT2D eigenvalue weighted by molar-refractivity contribution is -0.137. The Morgan fingerprint density at radius 3 is 2.60 bits per heavy atom. The number of likely N-dealkylation sites (tertiary alicyclic amines) is 1. The number of piperidine rings is 1. The second-order valence-electron chi connectivity index (χ2n) is 7.14. The van der Waals surface area contributed by atoms with Gasteiger partial charge in [-0.05, 0) is 43.2 Å². The molecular formula is C21H20F3N5O. The monoisotopic (exact) mass is 415 g/mol. The first kappa shape index (κ1) is 19.9. The van der Waals surface area contributed by atoms with Gasteiger partial charge in [-0.2, -0.15) is 13.2 Å². The third kappa shape index (κ3) is 4.29. The number of benzene rings is 1. The van der Waals surface area contributed by atoms with Crippen LogP contribution in [0.25, 0.3) is 0 Å². The highest BCUT2D eigenvalue weighted by Crippen LogP contribution is 2.32. The number of nitrogens with zero attached hydrogens (tertiary/aromatic N) is 4. The largest absolute Gasteiger partial charge is 0.416 e. The van der Waals surface area contributed by atoms with Crippen LogP contribution in [0.3, 0.4) is 0 Å². The minimum Gasteiger partial charge on any atom is -0.340 e. The Kier molecular flexibility index (Phi) is 5.43. The normalized spacial score (nSPS) is 15.2. The molecular weight excluding hydrogens is 395 g/mol. The molecule has 0 aliphatic carbocycles. The van der Waals surface area contributed by atoms with Crippen molar-refractivity contribution in [1.82, 2.24) is 19.4 Å². The Morgan fingerprint density at radius 1 is 1.10 bits per heavy atom. The van der Waals surface area contributed by atoms with E-state index in [4.69, 9.17) is 0 Å². The van der Waals surface area contributed by atoms with Crippen LogP contribution in [0.15, 0.2) is 61.3 Å². The van der Waals surface area contributed by atoms with E-state index >= 15 is 0 Å². The maximum Gasteiger partial charge on any atom is 0.416 e. The molecule has 1 aromatic carbocycles. The van der Waals surface area contributed by atoms with Crippen LogP contribution in [-0.4, -0.2) is 38.4 Å². The van der Waals surface area contributed by atoms with Crippen molar-refractivity contribution in [2.24, 2.45) is 0 Å². The van der Waals surface area contributed by atoms with Gasteiger partial charge in [0.2, 0.25) is 0 Å². The summed E-state index contributed by atoms with van der Waals surface area (Å²) < 4.78 is 41.0. The number of hydrogen-bond acceptors (Lipinski definition) is 4. The fraction of sp³-hybridized carbons (Fsp3) is 0.286. The number of alkyl halides is 3. The van der Waals surface area contributed by atoms with E-state index in [0.717, 1.165) is 25.0 Å². The molecule has 0 spiro atoms. The highest BCUT2D eigenvalue weighted by Gasteiger charge is 2.31. The molecule has 1 amide bonds. The lowest BCUT2D eigenvalue weighted by Crippen LogP contribution is -2.39. The van der Waals surface area contributed by atoms with E-state index in [-0.39, 0.29) is 17.4 Å². The summed E-state index contributed by atoms with van der Waals surface area (Å²) in [6.45, 7) is 1.17. The van der Waals surface area contributed by atoms with Crippen molar-refractivity contribution in [2.75, 3.05) is 18.4 Å². The molecule has 4 rings (SSSR count). The summed E-state index contributed by atoms with van der Waals surface area (Å²) in [5.74, 6) is 0.0419. The number of amides is 1. The Balaban J connectivity index is 1.49. The van der Waals surface area contributed by atoms with E-state index in [1.165, 1.54) is 18.3 Å². The molecule has 2 aromatic heterocycles. The van der Waals surface area contributed by atoms with Gasteiger partial charge in [0, 0.05) is 43.4 Å². The maximum atomic E-state index is 13.1. The van der Waals surface area contributed by atoms with Gasteiger partial charge in [0.1, 0.15) is 5.82 Å². The van der Waals surface area contributed by atoms with Crippen molar-refractivity contribution in [3.05, 3.63) is 72.4 Å². The number of carbonyl (C=O) groups excluding carboxylic acids is 1. The van der Waals surface area contributed by atoms with E-state index in [2.05, 4.69) is 15.3 Å². The third-order valence-electron chi connectivity index (χ3n) is 5.19. The molecule has 1 saturated heterocycles. The van der Waals surface area contributed by atoms with Gasteiger partial charge in [0.15, 0.2) is 0 Å². The van der Waals surface area contributed by atoms with Gasteiger partial charge in [-0.1, -0.05) is 6.07 Å². The average Bonchev–Trinajstić information content (AvgIpc) is 3.28. The van der Waals surface area contributed by atoms with Crippen LogP contribution >= 0.6 is 0 Å². The molecule has 3 aromatic rings. The van der Waals surface area contributed by atoms with Crippen LogP contribution < -0.4 is 5.32 Å². The van der Waals surface area contributed by atoms with Crippen molar-refractivity contribution in [2.45, 2.75) is 25.1 Å². The predicted molar refractivity (Wildman–Crippen MR) is 105 cm³/mol. The number of pyridine rings is 1. The van der Waals surface area contributed by atoms with Gasteiger partial charge < -0.3 is 14.8 Å². The average molecular weight is 415 g/mol. The van der Waals surface area contributed by atoms with E-state index in [0.29, 0.717) is 24.7 Å². The highest BCUT2D eigenvalue weighted by molar-refractivity contribution is 5.99. The van der Waals surface area contributed by atoms with Gasteiger partial charge >= 0.3 is 6.18 Å². The number of rotatable bonds is 4. The number of carbonyl (C=O) groups is 1. The van der Waals surface area contributed by atoms with Gasteiger partial charge in [-0.15, -0.1) is 0 Å². The number of imidazole rings is 1. The summed E-state index contributed by atoms with van der Waals surface area (Å²) in [5.41, 5.74) is -0.217. The molecule has 0 atom stereocenters. The fourth-order valence-electron chi connectivity index (χ4n) is 3.61. The van der Waals surface area contributed by atoms with Crippen molar-refractivity contribution < 1.29 is 18.0 Å². The predicted octanol–water partition coefficient (Wildman–Crippen LogP) is 4.52. The first-order valence-electron chi connectivity index (χ1n) is 9.58. The molecule has 0 unspecified atom stereocenters. The van der Waals surface area contributed by atoms with Crippen LogP contribution in [0.1, 0.15) is 34.8 Å². The number of hydrogen-bond donors (Lipinski definition) is 1. The minimum atomic E-state index is -4.44. The highest BCUT2D eigenvalue weighted by atomic mass is 19.4. The number of anilines is 2. The van der Waals surface area contributed by atoms with Crippen LogP contribution in [0.4, 0.5) is 24.7 Å². The molecule has 6 nitrogen and oxygen atoms in total.